The predicted octanol–water partition coefficient (Wildman–Crippen LogP) is 2.05. The predicted molar refractivity (Wildman–Crippen MR) is 91.9 cm³/mol. The molecule has 0 saturated heterocycles. The lowest BCUT2D eigenvalue weighted by Gasteiger charge is -2.11. The molecule has 0 aliphatic rings. The second-order valence-corrected chi connectivity index (χ2v) is 5.30. The van der Waals surface area contributed by atoms with Crippen molar-refractivity contribution in [1.29, 1.82) is 0 Å². The number of amides is 2. The molecule has 0 bridgehead atoms. The molecule has 0 fully saturated rings. The topological polar surface area (TPSA) is 103 Å². The van der Waals surface area contributed by atoms with E-state index in [2.05, 4.69) is 4.74 Å². The second-order valence-electron chi connectivity index (χ2n) is 5.30. The highest BCUT2D eigenvalue weighted by molar-refractivity contribution is 5.96. The summed E-state index contributed by atoms with van der Waals surface area (Å²) in [5.41, 5.74) is 3.55. The Hall–Kier alpha value is -3.76. The molecule has 0 spiro atoms. The van der Waals surface area contributed by atoms with E-state index in [1.54, 1.807) is 0 Å². The van der Waals surface area contributed by atoms with Crippen molar-refractivity contribution in [3.63, 3.8) is 0 Å². The highest BCUT2D eigenvalue weighted by atomic mass is 19.3. The number of hydrogen-bond donors (Lipinski definition) is 2. The summed E-state index contributed by atoms with van der Waals surface area (Å²) < 4.78 is 51.9. The Bertz CT molecular complexity index is 907. The molecule has 0 aliphatic heterocycles. The molecule has 29 heavy (non-hydrogen) atoms. The molecule has 0 atom stereocenters. The molecule has 154 valence electrons. The number of hydrogen-bond acceptors (Lipinski definition) is 6. The van der Waals surface area contributed by atoms with Gasteiger partial charge >= 0.3 is 12.6 Å². The van der Waals surface area contributed by atoms with Gasteiger partial charge in [0.1, 0.15) is 5.82 Å². The summed E-state index contributed by atoms with van der Waals surface area (Å²) in [5, 5.41) is 0. The van der Waals surface area contributed by atoms with Crippen molar-refractivity contribution in [1.82, 2.24) is 10.9 Å². The number of ether oxygens (including phenoxy) is 3. The van der Waals surface area contributed by atoms with Gasteiger partial charge in [-0.1, -0.05) is 12.1 Å². The number of rotatable bonds is 7. The Morgan fingerprint density at radius 3 is 2.41 bits per heavy atom. The van der Waals surface area contributed by atoms with Crippen molar-refractivity contribution in [2.45, 2.75) is 6.61 Å². The van der Waals surface area contributed by atoms with Crippen molar-refractivity contribution < 1.29 is 41.8 Å². The largest absolute Gasteiger partial charge is 0.493 e. The molecular formula is C18H15F3N2O6. The molecule has 0 saturated carbocycles. The normalized spacial score (nSPS) is 10.2. The van der Waals surface area contributed by atoms with Gasteiger partial charge in [0.25, 0.3) is 11.8 Å². The first-order valence-corrected chi connectivity index (χ1v) is 7.95. The van der Waals surface area contributed by atoms with Crippen LogP contribution in [0.25, 0.3) is 0 Å². The zero-order valence-electron chi connectivity index (χ0n) is 14.9. The quantitative estimate of drug-likeness (QED) is 0.533. The third-order valence-electron chi connectivity index (χ3n) is 3.38. The van der Waals surface area contributed by atoms with Crippen LogP contribution in [0.5, 0.6) is 11.5 Å². The fourth-order valence-corrected chi connectivity index (χ4v) is 2.08. The minimum absolute atomic E-state index is 0.0911. The Morgan fingerprint density at radius 2 is 1.76 bits per heavy atom. The van der Waals surface area contributed by atoms with Gasteiger partial charge in [0.2, 0.25) is 0 Å². The van der Waals surface area contributed by atoms with Gasteiger partial charge in [-0.2, -0.15) is 8.78 Å². The summed E-state index contributed by atoms with van der Waals surface area (Å²) >= 11 is 0. The van der Waals surface area contributed by atoms with Crippen molar-refractivity contribution >= 4 is 17.8 Å². The van der Waals surface area contributed by atoms with Gasteiger partial charge in [0.15, 0.2) is 18.1 Å². The van der Waals surface area contributed by atoms with Crippen LogP contribution in [0, 0.1) is 5.82 Å². The van der Waals surface area contributed by atoms with E-state index >= 15 is 0 Å². The van der Waals surface area contributed by atoms with Crippen LogP contribution in [-0.2, 0) is 9.53 Å². The molecule has 0 radical (unpaired) electrons. The zero-order valence-corrected chi connectivity index (χ0v) is 14.9. The van der Waals surface area contributed by atoms with Crippen LogP contribution in [0.4, 0.5) is 13.2 Å². The van der Waals surface area contributed by atoms with E-state index < -0.39 is 36.8 Å². The van der Waals surface area contributed by atoms with E-state index in [0.717, 1.165) is 24.3 Å². The second kappa shape index (κ2) is 9.97. The molecule has 11 heteroatoms. The Labute approximate surface area is 162 Å². The maximum absolute atomic E-state index is 13.5. The number of methoxy groups -OCH3 is 1. The fraction of sp³-hybridized carbons (Fsp3) is 0.167. The number of halogens is 3. The highest BCUT2D eigenvalue weighted by Gasteiger charge is 2.17. The van der Waals surface area contributed by atoms with Crippen LogP contribution in [0.15, 0.2) is 42.5 Å². The summed E-state index contributed by atoms with van der Waals surface area (Å²) in [4.78, 5) is 35.4. The minimum atomic E-state index is -3.08. The highest BCUT2D eigenvalue weighted by Crippen LogP contribution is 2.29. The Kier molecular flexibility index (Phi) is 7.40. The van der Waals surface area contributed by atoms with Gasteiger partial charge < -0.3 is 14.2 Å². The van der Waals surface area contributed by atoms with Crippen LogP contribution in [0.1, 0.15) is 20.7 Å². The Morgan fingerprint density at radius 1 is 1.03 bits per heavy atom. The maximum Gasteiger partial charge on any atom is 0.387 e. The van der Waals surface area contributed by atoms with Crippen LogP contribution in [0.2, 0.25) is 0 Å². The Balaban J connectivity index is 1.87. The molecule has 2 amide bonds. The van der Waals surface area contributed by atoms with E-state index in [4.69, 9.17) is 9.47 Å². The number of carbonyl (C=O) groups excluding carboxylic acids is 3. The van der Waals surface area contributed by atoms with E-state index in [9.17, 15) is 27.6 Å². The van der Waals surface area contributed by atoms with E-state index in [1.165, 1.54) is 25.3 Å². The first-order chi connectivity index (χ1) is 13.8. The average Bonchev–Trinajstić information content (AvgIpc) is 2.70. The van der Waals surface area contributed by atoms with Gasteiger partial charge in [0, 0.05) is 0 Å². The number of nitrogens with one attached hydrogen (secondary N) is 2. The van der Waals surface area contributed by atoms with Gasteiger partial charge in [-0.3, -0.25) is 20.4 Å². The lowest BCUT2D eigenvalue weighted by Crippen LogP contribution is -2.43. The van der Waals surface area contributed by atoms with Crippen molar-refractivity contribution in [2.24, 2.45) is 0 Å². The fourth-order valence-electron chi connectivity index (χ4n) is 2.08. The number of hydrazine groups is 1. The minimum Gasteiger partial charge on any atom is -0.493 e. The molecular weight excluding hydrogens is 397 g/mol. The van der Waals surface area contributed by atoms with Crippen LogP contribution < -0.4 is 20.3 Å². The van der Waals surface area contributed by atoms with Crippen LogP contribution in [0.3, 0.4) is 0 Å². The van der Waals surface area contributed by atoms with Crippen LogP contribution in [-0.4, -0.2) is 38.1 Å². The molecule has 2 aromatic carbocycles. The number of benzene rings is 2. The van der Waals surface area contributed by atoms with E-state index in [1.807, 2.05) is 10.9 Å². The first-order valence-electron chi connectivity index (χ1n) is 7.95. The average molecular weight is 412 g/mol. The van der Waals surface area contributed by atoms with E-state index in [-0.39, 0.29) is 22.6 Å². The van der Waals surface area contributed by atoms with E-state index in [0.29, 0.717) is 0 Å². The monoisotopic (exact) mass is 412 g/mol. The van der Waals surface area contributed by atoms with Crippen LogP contribution >= 0.6 is 0 Å². The van der Waals surface area contributed by atoms with Crippen molar-refractivity contribution in [3.05, 3.63) is 59.4 Å². The smallest absolute Gasteiger partial charge is 0.387 e. The molecule has 0 aliphatic carbocycles. The van der Waals surface area contributed by atoms with Gasteiger partial charge in [0.05, 0.1) is 18.2 Å². The molecule has 0 heterocycles. The van der Waals surface area contributed by atoms with Gasteiger partial charge in [-0.25, -0.2) is 9.18 Å². The zero-order chi connectivity index (χ0) is 21.4. The molecule has 2 aromatic rings. The SMILES string of the molecule is COc1cc(C(=O)OCC(=O)NNC(=O)c2ccccc2F)ccc1OC(F)F. The molecule has 0 aromatic heterocycles. The maximum atomic E-state index is 13.5. The summed E-state index contributed by atoms with van der Waals surface area (Å²) in [5.74, 6) is -3.95. The molecule has 2 N–H and O–H groups in total. The van der Waals surface area contributed by atoms with Crippen molar-refractivity contribution in [3.8, 4) is 11.5 Å². The summed E-state index contributed by atoms with van der Waals surface area (Å²) in [7, 11) is 1.19. The lowest BCUT2D eigenvalue weighted by atomic mass is 10.2. The summed E-state index contributed by atoms with van der Waals surface area (Å²) in [6.07, 6.45) is 0. The first kappa shape index (κ1) is 21.5. The third kappa shape index (κ3) is 6.13. The van der Waals surface area contributed by atoms with Gasteiger partial charge in [-0.05, 0) is 30.3 Å². The van der Waals surface area contributed by atoms with Crippen molar-refractivity contribution in [2.75, 3.05) is 13.7 Å². The standard InChI is InChI=1S/C18H15F3N2O6/c1-27-14-8-10(6-7-13(14)29-18(20)21)17(26)28-9-15(24)22-23-16(25)11-4-2-3-5-12(11)19/h2-8,18H,9H2,1H3,(H,22,24)(H,23,25). The molecule has 0 unspecified atom stereocenters. The number of carbonyl (C=O) groups is 3. The number of esters is 1. The summed E-state index contributed by atoms with van der Waals surface area (Å²) in [6, 6.07) is 8.43. The molecule has 8 nitrogen and oxygen atoms in total. The van der Waals surface area contributed by atoms with Gasteiger partial charge in [-0.15, -0.1) is 0 Å². The number of alkyl halides is 2. The molecule has 2 rings (SSSR count). The third-order valence-corrected chi connectivity index (χ3v) is 3.38. The summed E-state index contributed by atoms with van der Waals surface area (Å²) in [6.45, 7) is -3.85. The lowest BCUT2D eigenvalue weighted by molar-refractivity contribution is -0.125.